The van der Waals surface area contributed by atoms with E-state index in [1.165, 1.54) is 6.07 Å². The monoisotopic (exact) mass is 321 g/mol. The maximum atomic E-state index is 12.3. The second-order valence-corrected chi connectivity index (χ2v) is 5.74. The summed E-state index contributed by atoms with van der Waals surface area (Å²) in [6.07, 6.45) is 0.863. The molecule has 0 aliphatic carbocycles. The molecule has 0 radical (unpaired) electrons. The number of piperidine rings is 1. The van der Waals surface area contributed by atoms with Crippen molar-refractivity contribution in [3.8, 4) is 0 Å². The Hall–Kier alpha value is -2.64. The van der Waals surface area contributed by atoms with Crippen molar-refractivity contribution in [2.45, 2.75) is 26.7 Å². The van der Waals surface area contributed by atoms with Gasteiger partial charge in [0.05, 0.1) is 10.8 Å². The molecule has 1 aliphatic heterocycles. The molecule has 8 nitrogen and oxygen atoms in total. The molecule has 0 aromatic heterocycles. The maximum absolute atomic E-state index is 12.3. The molecule has 0 bridgehead atoms. The van der Waals surface area contributed by atoms with Gasteiger partial charge < -0.3 is 15.3 Å². The van der Waals surface area contributed by atoms with Crippen molar-refractivity contribution >= 4 is 23.4 Å². The predicted molar refractivity (Wildman–Crippen MR) is 83.5 cm³/mol. The number of hydrogen-bond acceptors (Lipinski definition) is 4. The van der Waals surface area contributed by atoms with Gasteiger partial charge in [0.25, 0.3) is 5.69 Å². The Morgan fingerprint density at radius 2 is 1.87 bits per heavy atom. The maximum Gasteiger partial charge on any atom is 0.321 e. The minimum Gasteiger partial charge on any atom is -0.481 e. The van der Waals surface area contributed by atoms with Crippen molar-refractivity contribution in [1.82, 2.24) is 4.90 Å². The average molecular weight is 321 g/mol. The fraction of sp³-hybridized carbons (Fsp3) is 0.467. The lowest BCUT2D eigenvalue weighted by molar-refractivity contribution is -0.385. The van der Waals surface area contributed by atoms with E-state index in [1.807, 2.05) is 0 Å². The Morgan fingerprint density at radius 1 is 1.26 bits per heavy atom. The van der Waals surface area contributed by atoms with Crippen LogP contribution < -0.4 is 5.32 Å². The number of aryl methyl sites for hydroxylation is 2. The number of nitrogens with zero attached hydrogens (tertiary/aromatic N) is 2. The number of likely N-dealkylation sites (tertiary alicyclic amines) is 1. The number of amides is 2. The first-order chi connectivity index (χ1) is 10.8. The molecule has 0 saturated carbocycles. The summed E-state index contributed by atoms with van der Waals surface area (Å²) in [7, 11) is 0. The van der Waals surface area contributed by atoms with Crippen LogP contribution in [0.1, 0.15) is 24.0 Å². The summed E-state index contributed by atoms with van der Waals surface area (Å²) in [6, 6.07) is 2.70. The first-order valence-electron chi connectivity index (χ1n) is 7.34. The highest BCUT2D eigenvalue weighted by atomic mass is 16.6. The van der Waals surface area contributed by atoms with Crippen molar-refractivity contribution in [2.75, 3.05) is 18.4 Å². The standard InChI is InChI=1S/C15H19N3O5/c1-9-8-13(18(22)23)10(2)7-12(9)16-15(21)17-5-3-11(4-6-17)14(19)20/h7-8,11H,3-6H2,1-2H3,(H,16,21)(H,19,20). The zero-order valence-corrected chi connectivity index (χ0v) is 13.0. The van der Waals surface area contributed by atoms with E-state index in [4.69, 9.17) is 5.11 Å². The molecular weight excluding hydrogens is 302 g/mol. The predicted octanol–water partition coefficient (Wildman–Crippen LogP) is 2.54. The van der Waals surface area contributed by atoms with Crippen LogP contribution in [0.2, 0.25) is 0 Å². The molecule has 0 spiro atoms. The Kier molecular flexibility index (Phi) is 4.83. The van der Waals surface area contributed by atoms with Crippen LogP contribution in [0.4, 0.5) is 16.2 Å². The van der Waals surface area contributed by atoms with Gasteiger partial charge >= 0.3 is 12.0 Å². The summed E-state index contributed by atoms with van der Waals surface area (Å²) in [5.41, 5.74) is 1.62. The number of aliphatic carboxylic acids is 1. The number of hydrogen-bond donors (Lipinski definition) is 2. The minimum atomic E-state index is -0.827. The third-order valence-corrected chi connectivity index (χ3v) is 4.11. The van der Waals surface area contributed by atoms with Gasteiger partial charge in [-0.3, -0.25) is 14.9 Å². The van der Waals surface area contributed by atoms with Crippen molar-refractivity contribution in [2.24, 2.45) is 5.92 Å². The van der Waals surface area contributed by atoms with Crippen molar-refractivity contribution in [3.63, 3.8) is 0 Å². The SMILES string of the molecule is Cc1cc([N+](=O)[O-])c(C)cc1NC(=O)N1CCC(C(=O)O)CC1. The van der Waals surface area contributed by atoms with Gasteiger partial charge in [0, 0.05) is 30.4 Å². The molecule has 1 aromatic carbocycles. The number of carboxylic acids is 1. The van der Waals surface area contributed by atoms with Crippen LogP contribution in [-0.2, 0) is 4.79 Å². The number of urea groups is 1. The lowest BCUT2D eigenvalue weighted by Gasteiger charge is -2.30. The minimum absolute atomic E-state index is 0.0165. The molecule has 1 fully saturated rings. The summed E-state index contributed by atoms with van der Waals surface area (Å²) < 4.78 is 0. The smallest absolute Gasteiger partial charge is 0.321 e. The Balaban J connectivity index is 2.05. The largest absolute Gasteiger partial charge is 0.481 e. The first-order valence-corrected chi connectivity index (χ1v) is 7.34. The fourth-order valence-corrected chi connectivity index (χ4v) is 2.66. The molecule has 23 heavy (non-hydrogen) atoms. The van der Waals surface area contributed by atoms with E-state index >= 15 is 0 Å². The average Bonchev–Trinajstić information content (AvgIpc) is 2.50. The molecular formula is C15H19N3O5. The van der Waals surface area contributed by atoms with E-state index in [0.29, 0.717) is 42.7 Å². The summed E-state index contributed by atoms with van der Waals surface area (Å²) in [5.74, 6) is -1.23. The number of nitro groups is 1. The van der Waals surface area contributed by atoms with Gasteiger partial charge in [-0.15, -0.1) is 0 Å². The summed E-state index contributed by atoms with van der Waals surface area (Å²) in [6.45, 7) is 4.08. The van der Waals surface area contributed by atoms with Crippen molar-refractivity contribution in [1.29, 1.82) is 0 Å². The molecule has 1 heterocycles. The Bertz CT molecular complexity index is 651. The van der Waals surface area contributed by atoms with E-state index in [-0.39, 0.29) is 11.7 Å². The van der Waals surface area contributed by atoms with E-state index in [1.54, 1.807) is 24.8 Å². The fourth-order valence-electron chi connectivity index (χ4n) is 2.66. The van der Waals surface area contributed by atoms with E-state index < -0.39 is 16.8 Å². The normalized spacial score (nSPS) is 15.3. The second kappa shape index (κ2) is 6.64. The van der Waals surface area contributed by atoms with Crippen LogP contribution in [-0.4, -0.2) is 40.0 Å². The molecule has 1 aliphatic rings. The molecule has 2 amide bonds. The van der Waals surface area contributed by atoms with Crippen molar-refractivity contribution in [3.05, 3.63) is 33.4 Å². The zero-order valence-electron chi connectivity index (χ0n) is 13.0. The van der Waals surface area contributed by atoms with Crippen LogP contribution >= 0.6 is 0 Å². The van der Waals surface area contributed by atoms with Crippen LogP contribution in [0.3, 0.4) is 0 Å². The molecule has 2 N–H and O–H groups in total. The van der Waals surface area contributed by atoms with Gasteiger partial charge in [0.2, 0.25) is 0 Å². The number of carbonyl (C=O) groups is 2. The van der Waals surface area contributed by atoms with Crippen molar-refractivity contribution < 1.29 is 19.6 Å². The quantitative estimate of drug-likeness (QED) is 0.656. The summed E-state index contributed by atoms with van der Waals surface area (Å²) in [5, 5.41) is 22.6. The van der Waals surface area contributed by atoms with Gasteiger partial charge in [-0.1, -0.05) is 0 Å². The topological polar surface area (TPSA) is 113 Å². The van der Waals surface area contributed by atoms with Gasteiger partial charge in [-0.05, 0) is 38.3 Å². The molecule has 1 aromatic rings. The first kappa shape index (κ1) is 16.7. The lowest BCUT2D eigenvalue weighted by atomic mass is 9.97. The molecule has 1 saturated heterocycles. The van der Waals surface area contributed by atoms with Crippen LogP contribution in [0.15, 0.2) is 12.1 Å². The third kappa shape index (κ3) is 3.77. The zero-order chi connectivity index (χ0) is 17.1. The highest BCUT2D eigenvalue weighted by Gasteiger charge is 2.27. The number of carbonyl (C=O) groups excluding carboxylic acids is 1. The highest BCUT2D eigenvalue weighted by molar-refractivity contribution is 5.90. The molecule has 0 atom stereocenters. The lowest BCUT2D eigenvalue weighted by Crippen LogP contribution is -2.42. The Labute approximate surface area is 133 Å². The van der Waals surface area contributed by atoms with Crippen LogP contribution in [0.5, 0.6) is 0 Å². The van der Waals surface area contributed by atoms with Gasteiger partial charge in [-0.25, -0.2) is 4.79 Å². The number of nitrogens with one attached hydrogen (secondary N) is 1. The molecule has 0 unspecified atom stereocenters. The number of nitro benzene ring substituents is 1. The van der Waals surface area contributed by atoms with E-state index in [0.717, 1.165) is 0 Å². The third-order valence-electron chi connectivity index (χ3n) is 4.11. The summed E-state index contributed by atoms with van der Waals surface area (Å²) in [4.78, 5) is 35.2. The van der Waals surface area contributed by atoms with E-state index in [2.05, 4.69) is 5.32 Å². The van der Waals surface area contributed by atoms with Gasteiger partial charge in [-0.2, -0.15) is 0 Å². The number of carboxylic acid groups (broad SMARTS) is 1. The number of rotatable bonds is 3. The molecule has 2 rings (SSSR count). The van der Waals surface area contributed by atoms with Crippen LogP contribution in [0.25, 0.3) is 0 Å². The highest BCUT2D eigenvalue weighted by Crippen LogP contribution is 2.26. The number of anilines is 1. The van der Waals surface area contributed by atoms with Gasteiger partial charge in [0.15, 0.2) is 0 Å². The molecule has 124 valence electrons. The Morgan fingerprint density at radius 3 is 2.39 bits per heavy atom. The van der Waals surface area contributed by atoms with Crippen LogP contribution in [0, 0.1) is 29.9 Å². The second-order valence-electron chi connectivity index (χ2n) is 5.74. The summed E-state index contributed by atoms with van der Waals surface area (Å²) >= 11 is 0. The van der Waals surface area contributed by atoms with Gasteiger partial charge in [0.1, 0.15) is 0 Å². The van der Waals surface area contributed by atoms with E-state index in [9.17, 15) is 19.7 Å². The number of benzene rings is 1. The molecule has 8 heteroatoms.